The molecule has 1 aromatic carbocycles. The van der Waals surface area contributed by atoms with E-state index in [0.717, 1.165) is 28.9 Å². The average molecular weight is 273 g/mol. The lowest BCUT2D eigenvalue weighted by Crippen LogP contribution is -2.23. The van der Waals surface area contributed by atoms with Gasteiger partial charge in [0.25, 0.3) is 0 Å². The molecule has 3 nitrogen and oxygen atoms in total. The Labute approximate surface area is 119 Å². The summed E-state index contributed by atoms with van der Waals surface area (Å²) in [6.45, 7) is 4.74. The molecule has 106 valence electrons. The van der Waals surface area contributed by atoms with Crippen LogP contribution in [0.3, 0.4) is 0 Å². The zero-order valence-electron chi connectivity index (χ0n) is 11.9. The predicted octanol–water partition coefficient (Wildman–Crippen LogP) is 3.00. The Bertz CT molecular complexity index is 563. The van der Waals surface area contributed by atoms with Crippen LogP contribution in [0.1, 0.15) is 29.7 Å². The molecule has 0 radical (unpaired) electrons. The number of nitrogens with two attached hydrogens (primary N) is 1. The molecule has 2 rings (SSSR count). The number of likely N-dealkylation sites (N-methyl/N-ethyl adjacent to an activating group) is 1. The highest BCUT2D eigenvalue weighted by molar-refractivity contribution is 5.45. The van der Waals surface area contributed by atoms with Crippen LogP contribution < -0.4 is 11.1 Å². The highest BCUT2D eigenvalue weighted by Gasteiger charge is 2.14. The summed E-state index contributed by atoms with van der Waals surface area (Å²) in [7, 11) is 0. The first kappa shape index (κ1) is 14.5. The van der Waals surface area contributed by atoms with Crippen molar-refractivity contribution in [3.63, 3.8) is 0 Å². The zero-order chi connectivity index (χ0) is 14.5. The average Bonchev–Trinajstić information content (AvgIpc) is 2.39. The molecule has 1 atom stereocenters. The van der Waals surface area contributed by atoms with E-state index in [1.54, 1.807) is 24.5 Å². The number of aromatic nitrogens is 1. The van der Waals surface area contributed by atoms with Crippen LogP contribution in [-0.4, -0.2) is 11.5 Å². The minimum absolute atomic E-state index is 0.0286. The first-order valence-corrected chi connectivity index (χ1v) is 6.79. The van der Waals surface area contributed by atoms with Crippen molar-refractivity contribution in [2.24, 2.45) is 0 Å². The van der Waals surface area contributed by atoms with Crippen molar-refractivity contribution in [2.75, 3.05) is 12.3 Å². The second-order valence-corrected chi connectivity index (χ2v) is 4.95. The molecule has 0 aliphatic heterocycles. The van der Waals surface area contributed by atoms with E-state index in [1.807, 2.05) is 19.9 Å². The summed E-state index contributed by atoms with van der Waals surface area (Å²) in [6.07, 6.45) is 4.13. The number of aryl methyl sites for hydroxylation is 1. The largest absolute Gasteiger partial charge is 0.398 e. The maximum absolute atomic E-state index is 13.6. The molecule has 0 bridgehead atoms. The number of hydrogen-bond donors (Lipinski definition) is 2. The first-order chi connectivity index (χ1) is 9.60. The van der Waals surface area contributed by atoms with Crippen molar-refractivity contribution in [1.82, 2.24) is 10.3 Å². The number of rotatable bonds is 5. The summed E-state index contributed by atoms with van der Waals surface area (Å²) in [5.41, 5.74) is 9.51. The Morgan fingerprint density at radius 3 is 2.80 bits per heavy atom. The van der Waals surface area contributed by atoms with Crippen molar-refractivity contribution >= 4 is 5.69 Å². The van der Waals surface area contributed by atoms with Crippen LogP contribution in [0.15, 0.2) is 36.7 Å². The van der Waals surface area contributed by atoms with Crippen LogP contribution in [0.4, 0.5) is 10.1 Å². The van der Waals surface area contributed by atoms with Crippen molar-refractivity contribution in [1.29, 1.82) is 0 Å². The molecule has 4 heteroatoms. The van der Waals surface area contributed by atoms with Crippen LogP contribution in [0, 0.1) is 12.7 Å². The van der Waals surface area contributed by atoms with Crippen LogP contribution >= 0.6 is 0 Å². The van der Waals surface area contributed by atoms with Gasteiger partial charge in [0.05, 0.1) is 0 Å². The predicted molar refractivity (Wildman–Crippen MR) is 79.9 cm³/mol. The third-order valence-electron chi connectivity index (χ3n) is 3.28. The molecule has 20 heavy (non-hydrogen) atoms. The van der Waals surface area contributed by atoms with Gasteiger partial charge in [-0.05, 0) is 54.8 Å². The van der Waals surface area contributed by atoms with Crippen LogP contribution in [0.25, 0.3) is 0 Å². The quantitative estimate of drug-likeness (QED) is 0.880. The molecule has 0 amide bonds. The molecule has 1 unspecified atom stereocenters. The van der Waals surface area contributed by atoms with Gasteiger partial charge in [-0.2, -0.15) is 0 Å². The minimum atomic E-state index is -0.206. The van der Waals surface area contributed by atoms with Gasteiger partial charge >= 0.3 is 0 Å². The Morgan fingerprint density at radius 1 is 1.35 bits per heavy atom. The van der Waals surface area contributed by atoms with E-state index in [4.69, 9.17) is 5.73 Å². The topological polar surface area (TPSA) is 50.9 Å². The molecule has 0 saturated heterocycles. The number of pyridine rings is 1. The lowest BCUT2D eigenvalue weighted by atomic mass is 9.97. The van der Waals surface area contributed by atoms with Crippen LogP contribution in [-0.2, 0) is 6.42 Å². The second kappa shape index (κ2) is 6.48. The number of nitrogens with zero attached hydrogens (tertiary/aromatic N) is 1. The van der Waals surface area contributed by atoms with E-state index in [1.165, 1.54) is 6.07 Å². The number of nitrogens with one attached hydrogen (secondary N) is 1. The second-order valence-electron chi connectivity index (χ2n) is 4.95. The third-order valence-corrected chi connectivity index (χ3v) is 3.28. The Hall–Kier alpha value is -1.94. The Kier molecular flexibility index (Phi) is 4.69. The van der Waals surface area contributed by atoms with Crippen LogP contribution in [0.5, 0.6) is 0 Å². The van der Waals surface area contributed by atoms with E-state index in [-0.39, 0.29) is 11.9 Å². The molecular weight excluding hydrogens is 253 g/mol. The van der Waals surface area contributed by atoms with Crippen molar-refractivity contribution < 1.29 is 4.39 Å². The van der Waals surface area contributed by atoms with Gasteiger partial charge < -0.3 is 11.1 Å². The van der Waals surface area contributed by atoms with Gasteiger partial charge in [-0.25, -0.2) is 4.39 Å². The van der Waals surface area contributed by atoms with Gasteiger partial charge in [0, 0.05) is 24.1 Å². The summed E-state index contributed by atoms with van der Waals surface area (Å²) in [5, 5.41) is 3.38. The first-order valence-electron chi connectivity index (χ1n) is 6.79. The number of halogens is 1. The molecule has 0 saturated carbocycles. The molecule has 0 aliphatic carbocycles. The van der Waals surface area contributed by atoms with Crippen LogP contribution in [0.2, 0.25) is 0 Å². The molecule has 0 spiro atoms. The number of nitrogen functional groups attached to an aromatic ring is 1. The minimum Gasteiger partial charge on any atom is -0.398 e. The summed E-state index contributed by atoms with van der Waals surface area (Å²) in [4.78, 5) is 4.11. The standard InChI is InChI=1S/C16H20FN3/c1-3-20-16(9-13-10-19-5-4-15(13)18)12-6-11(2)7-14(17)8-12/h4-8,10,16,20H,3,9H2,1-2H3,(H2,18,19). The molecular formula is C16H20FN3. The van der Waals surface area contributed by atoms with Gasteiger partial charge in [-0.15, -0.1) is 0 Å². The van der Waals surface area contributed by atoms with Gasteiger partial charge in [0.2, 0.25) is 0 Å². The fraction of sp³-hybridized carbons (Fsp3) is 0.312. The fourth-order valence-corrected chi connectivity index (χ4v) is 2.35. The van der Waals surface area contributed by atoms with Gasteiger partial charge in [0.15, 0.2) is 0 Å². The molecule has 1 heterocycles. The number of benzene rings is 1. The Morgan fingerprint density at radius 2 is 2.15 bits per heavy atom. The lowest BCUT2D eigenvalue weighted by Gasteiger charge is -2.20. The number of anilines is 1. The van der Waals surface area contributed by atoms with Gasteiger partial charge in [0.1, 0.15) is 5.82 Å². The normalized spacial score (nSPS) is 12.3. The maximum atomic E-state index is 13.6. The summed E-state index contributed by atoms with van der Waals surface area (Å²) in [5.74, 6) is -0.206. The van der Waals surface area contributed by atoms with Gasteiger partial charge in [-0.1, -0.05) is 13.0 Å². The highest BCUT2D eigenvalue weighted by Crippen LogP contribution is 2.23. The molecule has 2 aromatic rings. The monoisotopic (exact) mass is 273 g/mol. The fourth-order valence-electron chi connectivity index (χ4n) is 2.35. The summed E-state index contributed by atoms with van der Waals surface area (Å²) >= 11 is 0. The highest BCUT2D eigenvalue weighted by atomic mass is 19.1. The van der Waals surface area contributed by atoms with Crippen molar-refractivity contribution in [2.45, 2.75) is 26.3 Å². The molecule has 3 N–H and O–H groups in total. The smallest absolute Gasteiger partial charge is 0.123 e. The molecule has 0 aliphatic rings. The van der Waals surface area contributed by atoms with Crippen molar-refractivity contribution in [3.8, 4) is 0 Å². The van der Waals surface area contributed by atoms with E-state index in [9.17, 15) is 4.39 Å². The summed E-state index contributed by atoms with van der Waals surface area (Å²) in [6, 6.07) is 6.93. The van der Waals surface area contributed by atoms with E-state index in [0.29, 0.717) is 6.42 Å². The third kappa shape index (κ3) is 3.54. The van der Waals surface area contributed by atoms with E-state index in [2.05, 4.69) is 10.3 Å². The summed E-state index contributed by atoms with van der Waals surface area (Å²) < 4.78 is 13.6. The van der Waals surface area contributed by atoms with Crippen molar-refractivity contribution in [3.05, 3.63) is 59.2 Å². The molecule has 1 aromatic heterocycles. The lowest BCUT2D eigenvalue weighted by molar-refractivity contribution is 0.542. The molecule has 0 fully saturated rings. The van der Waals surface area contributed by atoms with E-state index < -0.39 is 0 Å². The van der Waals surface area contributed by atoms with Gasteiger partial charge in [-0.3, -0.25) is 4.98 Å². The Balaban J connectivity index is 2.29. The zero-order valence-corrected chi connectivity index (χ0v) is 11.9. The number of hydrogen-bond acceptors (Lipinski definition) is 3. The SMILES string of the molecule is CCNC(Cc1cnccc1N)c1cc(C)cc(F)c1. The maximum Gasteiger partial charge on any atom is 0.123 e. The van der Waals surface area contributed by atoms with E-state index >= 15 is 0 Å².